The van der Waals surface area contributed by atoms with Gasteiger partial charge in [-0.15, -0.1) is 0 Å². The summed E-state index contributed by atoms with van der Waals surface area (Å²) in [5.41, 5.74) is 1.56. The van der Waals surface area contributed by atoms with Crippen LogP contribution in [0.2, 0.25) is 5.02 Å². The number of amides is 1. The van der Waals surface area contributed by atoms with Gasteiger partial charge in [0, 0.05) is 41.6 Å². The average molecular weight is 399 g/mol. The molecule has 3 aromatic rings. The number of aromatic nitrogens is 1. The lowest BCUT2D eigenvalue weighted by atomic mass is 10.2. The molecule has 0 fully saturated rings. The zero-order valence-electron chi connectivity index (χ0n) is 15.1. The van der Waals surface area contributed by atoms with Crippen LogP contribution in [0.4, 0.5) is 5.69 Å². The minimum atomic E-state index is -0.124. The van der Waals surface area contributed by atoms with E-state index < -0.39 is 0 Å². The molecule has 4 rings (SSSR count). The zero-order valence-corrected chi connectivity index (χ0v) is 15.9. The minimum absolute atomic E-state index is 0.124. The third kappa shape index (κ3) is 4.46. The number of fused-ring (bicyclic) bond motifs is 1. The van der Waals surface area contributed by atoms with Crippen LogP contribution in [0.25, 0.3) is 11.3 Å². The molecule has 28 heavy (non-hydrogen) atoms. The van der Waals surface area contributed by atoms with E-state index in [2.05, 4.69) is 10.3 Å². The molecule has 144 valence electrons. The Labute approximate surface area is 167 Å². The summed E-state index contributed by atoms with van der Waals surface area (Å²) < 4.78 is 17.0. The fourth-order valence-electron chi connectivity index (χ4n) is 2.86. The van der Waals surface area contributed by atoms with Gasteiger partial charge in [0.1, 0.15) is 0 Å². The Bertz CT molecular complexity index is 969. The number of carbonyl (C=O) groups excluding carboxylic acids is 1. The molecule has 0 bridgehead atoms. The summed E-state index contributed by atoms with van der Waals surface area (Å²) >= 11 is 5.90. The Morgan fingerprint density at radius 2 is 1.86 bits per heavy atom. The first-order valence-electron chi connectivity index (χ1n) is 9.07. The third-order valence-electron chi connectivity index (χ3n) is 4.28. The second-order valence-corrected chi connectivity index (χ2v) is 6.82. The van der Waals surface area contributed by atoms with Crippen molar-refractivity contribution in [3.05, 3.63) is 59.6 Å². The van der Waals surface area contributed by atoms with E-state index in [1.165, 1.54) is 0 Å². The molecule has 0 radical (unpaired) electrons. The fourth-order valence-corrected chi connectivity index (χ4v) is 2.98. The van der Waals surface area contributed by atoms with E-state index in [4.69, 9.17) is 25.5 Å². The highest BCUT2D eigenvalue weighted by Gasteiger charge is 2.13. The highest BCUT2D eigenvalue weighted by atomic mass is 35.5. The molecule has 0 unspecified atom stereocenters. The number of carbonyl (C=O) groups is 1. The molecule has 1 aliphatic heterocycles. The lowest BCUT2D eigenvalue weighted by Gasteiger charge is -2.10. The predicted molar refractivity (Wildman–Crippen MR) is 106 cm³/mol. The number of aryl methyl sites for hydroxylation is 1. The van der Waals surface area contributed by atoms with Crippen LogP contribution in [0.3, 0.4) is 0 Å². The second-order valence-electron chi connectivity index (χ2n) is 6.39. The van der Waals surface area contributed by atoms with Crippen molar-refractivity contribution >= 4 is 23.2 Å². The van der Waals surface area contributed by atoms with Gasteiger partial charge in [0.05, 0.1) is 19.4 Å². The molecule has 7 heteroatoms. The van der Waals surface area contributed by atoms with Gasteiger partial charge in [-0.25, -0.2) is 4.98 Å². The summed E-state index contributed by atoms with van der Waals surface area (Å²) in [7, 11) is 0. The van der Waals surface area contributed by atoms with Gasteiger partial charge in [0.15, 0.2) is 23.1 Å². The Balaban J connectivity index is 1.34. The van der Waals surface area contributed by atoms with Crippen molar-refractivity contribution in [3.63, 3.8) is 0 Å². The van der Waals surface area contributed by atoms with Crippen LogP contribution >= 0.6 is 11.6 Å². The van der Waals surface area contributed by atoms with Gasteiger partial charge in [0.2, 0.25) is 5.91 Å². The number of nitrogens with zero attached hydrogens (tertiary/aromatic N) is 1. The van der Waals surface area contributed by atoms with Gasteiger partial charge in [0.25, 0.3) is 0 Å². The van der Waals surface area contributed by atoms with Crippen molar-refractivity contribution in [2.75, 3.05) is 18.5 Å². The smallest absolute Gasteiger partial charge is 0.224 e. The Kier molecular flexibility index (Phi) is 5.48. The summed E-state index contributed by atoms with van der Waals surface area (Å²) in [6.45, 7) is 1.23. The molecule has 0 saturated heterocycles. The van der Waals surface area contributed by atoms with Crippen molar-refractivity contribution in [2.24, 2.45) is 0 Å². The third-order valence-corrected chi connectivity index (χ3v) is 4.53. The summed E-state index contributed by atoms with van der Waals surface area (Å²) in [6, 6.07) is 12.7. The van der Waals surface area contributed by atoms with Gasteiger partial charge in [-0.1, -0.05) is 11.6 Å². The standard InChI is InChI=1S/C21H19ClN2O4/c22-15-4-2-14(3-5-15)19-13-23-21(28-19)9-8-20(25)24-16-6-7-17-18(12-16)27-11-1-10-26-17/h2-7,12-13H,1,8-11H2,(H,24,25). The van der Waals surface area contributed by atoms with Crippen molar-refractivity contribution in [1.29, 1.82) is 0 Å². The van der Waals surface area contributed by atoms with Crippen LogP contribution in [0.5, 0.6) is 11.5 Å². The number of oxazole rings is 1. The predicted octanol–water partition coefficient (Wildman–Crippen LogP) is 4.73. The quantitative estimate of drug-likeness (QED) is 0.672. The molecule has 0 saturated carbocycles. The second kappa shape index (κ2) is 8.35. The van der Waals surface area contributed by atoms with E-state index in [1.54, 1.807) is 30.5 Å². The van der Waals surface area contributed by atoms with Gasteiger partial charge < -0.3 is 19.2 Å². The molecule has 1 aliphatic rings. The van der Waals surface area contributed by atoms with E-state index in [9.17, 15) is 4.79 Å². The minimum Gasteiger partial charge on any atom is -0.490 e. The van der Waals surface area contributed by atoms with E-state index in [1.807, 2.05) is 18.2 Å². The lowest BCUT2D eigenvalue weighted by Crippen LogP contribution is -2.12. The summed E-state index contributed by atoms with van der Waals surface area (Å²) in [5, 5.41) is 3.53. The van der Waals surface area contributed by atoms with Gasteiger partial charge in [-0.3, -0.25) is 4.79 Å². The van der Waals surface area contributed by atoms with Gasteiger partial charge in [-0.05, 0) is 36.4 Å². The normalized spacial score (nSPS) is 13.0. The number of hydrogen-bond donors (Lipinski definition) is 1. The first kappa shape index (κ1) is 18.4. The Morgan fingerprint density at radius 3 is 2.68 bits per heavy atom. The number of benzene rings is 2. The number of ether oxygens (including phenoxy) is 2. The van der Waals surface area contributed by atoms with Gasteiger partial charge in [-0.2, -0.15) is 0 Å². The highest BCUT2D eigenvalue weighted by Crippen LogP contribution is 2.32. The molecular formula is C21H19ClN2O4. The molecule has 1 amide bonds. The number of nitrogens with one attached hydrogen (secondary N) is 1. The number of anilines is 1. The van der Waals surface area contributed by atoms with Crippen LogP contribution in [-0.2, 0) is 11.2 Å². The van der Waals surface area contributed by atoms with Crippen molar-refractivity contribution in [3.8, 4) is 22.8 Å². The fraction of sp³-hybridized carbons (Fsp3) is 0.238. The van der Waals surface area contributed by atoms with Gasteiger partial charge >= 0.3 is 0 Å². The molecule has 0 atom stereocenters. The van der Waals surface area contributed by atoms with Crippen molar-refractivity contribution < 1.29 is 18.7 Å². The van der Waals surface area contributed by atoms with E-state index in [0.717, 1.165) is 12.0 Å². The maximum absolute atomic E-state index is 12.3. The molecule has 2 heterocycles. The maximum atomic E-state index is 12.3. The SMILES string of the molecule is O=C(CCc1ncc(-c2ccc(Cl)cc2)o1)Nc1ccc2c(c1)OCCCO2. The van der Waals surface area contributed by atoms with Crippen molar-refractivity contribution in [1.82, 2.24) is 4.98 Å². The van der Waals surface area contributed by atoms with Crippen molar-refractivity contribution in [2.45, 2.75) is 19.3 Å². The number of hydrogen-bond acceptors (Lipinski definition) is 5. The monoisotopic (exact) mass is 398 g/mol. The molecule has 0 spiro atoms. The molecule has 1 aromatic heterocycles. The van der Waals surface area contributed by atoms with Crippen LogP contribution in [0.15, 0.2) is 53.1 Å². The molecule has 1 N–H and O–H groups in total. The van der Waals surface area contributed by atoms with E-state index >= 15 is 0 Å². The summed E-state index contributed by atoms with van der Waals surface area (Å²) in [5.74, 6) is 2.38. The Hall–Kier alpha value is -2.99. The molecular weight excluding hydrogens is 380 g/mol. The largest absolute Gasteiger partial charge is 0.490 e. The summed E-state index contributed by atoms with van der Waals surface area (Å²) in [4.78, 5) is 16.5. The molecule has 0 aliphatic carbocycles. The van der Waals surface area contributed by atoms with E-state index in [0.29, 0.717) is 53.5 Å². The first-order chi connectivity index (χ1) is 13.7. The molecule has 2 aromatic carbocycles. The maximum Gasteiger partial charge on any atom is 0.224 e. The zero-order chi connectivity index (χ0) is 19.3. The summed E-state index contributed by atoms with van der Waals surface area (Å²) in [6.07, 6.45) is 3.16. The molecule has 6 nitrogen and oxygen atoms in total. The lowest BCUT2D eigenvalue weighted by molar-refractivity contribution is -0.116. The van der Waals surface area contributed by atoms with Crippen LogP contribution in [0.1, 0.15) is 18.7 Å². The van der Waals surface area contributed by atoms with Crippen LogP contribution < -0.4 is 14.8 Å². The highest BCUT2D eigenvalue weighted by molar-refractivity contribution is 6.30. The van der Waals surface area contributed by atoms with Crippen LogP contribution in [0, 0.1) is 0 Å². The van der Waals surface area contributed by atoms with Crippen LogP contribution in [-0.4, -0.2) is 24.1 Å². The first-order valence-corrected chi connectivity index (χ1v) is 9.45. The average Bonchev–Trinajstić information content (AvgIpc) is 3.05. The van der Waals surface area contributed by atoms with E-state index in [-0.39, 0.29) is 12.3 Å². The number of rotatable bonds is 5. The Morgan fingerprint density at radius 1 is 1.07 bits per heavy atom. The number of halogens is 1. The topological polar surface area (TPSA) is 73.6 Å².